The van der Waals surface area contributed by atoms with Crippen molar-refractivity contribution >= 4 is 69.0 Å². The van der Waals surface area contributed by atoms with E-state index in [1.807, 2.05) is 59.6 Å². The second-order valence-corrected chi connectivity index (χ2v) is 24.6. The predicted molar refractivity (Wildman–Crippen MR) is 381 cm³/mol. The number of nitrogen functional groups attached to an aromatic ring is 1. The number of imidazole rings is 1. The number of carboxylic acid groups (broad SMARTS) is 1. The van der Waals surface area contributed by atoms with E-state index in [0.717, 1.165) is 87.5 Å². The lowest BCUT2D eigenvalue weighted by molar-refractivity contribution is -0.142. The number of anilines is 2. The molecule has 1 saturated heterocycles. The summed E-state index contributed by atoms with van der Waals surface area (Å²) in [4.78, 5) is 108. The van der Waals surface area contributed by atoms with Gasteiger partial charge in [-0.25, -0.2) is 18.8 Å². The quantitative estimate of drug-likeness (QED) is 0.0173. The maximum absolute atomic E-state index is 14.5. The number of H-pyrrole nitrogens is 1. The molecule has 0 radical (unpaired) electrons. The molecule has 3 aromatic heterocycles. The van der Waals surface area contributed by atoms with Crippen LogP contribution in [0.3, 0.4) is 0 Å². The van der Waals surface area contributed by atoms with Crippen LogP contribution in [0.1, 0.15) is 106 Å². The molecule has 0 spiro atoms. The lowest BCUT2D eigenvalue weighted by atomic mass is 9.90. The second kappa shape index (κ2) is 38.1. The molecule has 0 bridgehead atoms. The highest BCUT2D eigenvalue weighted by molar-refractivity contribution is 6.09. The smallest absolute Gasteiger partial charge is 0.328 e. The fourth-order valence-corrected chi connectivity index (χ4v) is 12.2. The first-order valence-corrected chi connectivity index (χ1v) is 35.0. The zero-order chi connectivity index (χ0) is 71.6. The Morgan fingerprint density at radius 3 is 2.19 bits per heavy atom. The van der Waals surface area contributed by atoms with Gasteiger partial charge in [-0.2, -0.15) is 9.97 Å². The Hall–Kier alpha value is -9.90. The predicted octanol–water partition coefficient (Wildman–Crippen LogP) is 5.74. The number of nitrogens with zero attached hydrogens (tertiary/aromatic N) is 10. The molecule has 9 rings (SSSR count). The normalized spacial score (nSPS) is 12.7. The summed E-state index contributed by atoms with van der Waals surface area (Å²) < 4.78 is 39.5. The maximum Gasteiger partial charge on any atom is 0.328 e. The number of ketones is 1. The van der Waals surface area contributed by atoms with Crippen LogP contribution in [0, 0.1) is 0 Å². The molecule has 28 nitrogen and oxygen atoms in total. The summed E-state index contributed by atoms with van der Waals surface area (Å²) in [6.07, 6.45) is 4.29. The van der Waals surface area contributed by atoms with Gasteiger partial charge in [-0.05, 0) is 94.3 Å². The summed E-state index contributed by atoms with van der Waals surface area (Å²) in [6, 6.07) is 26.7. The number of fused-ring (bicyclic) bond motifs is 3. The number of methoxy groups -OCH3 is 1. The fourth-order valence-electron chi connectivity index (χ4n) is 12.2. The van der Waals surface area contributed by atoms with Crippen LogP contribution >= 0.6 is 0 Å². The number of benzene rings is 4. The van der Waals surface area contributed by atoms with Crippen LogP contribution in [0.15, 0.2) is 100 Å². The molecular weight excluding hydrogens is 1300 g/mol. The van der Waals surface area contributed by atoms with Crippen molar-refractivity contribution in [3.8, 4) is 28.5 Å². The number of Topliss-reactive ketones (excluding diaryl/α,β-unsaturated/α-hetero) is 1. The third-order valence-corrected chi connectivity index (χ3v) is 17.9. The first-order chi connectivity index (χ1) is 49.1. The zero-order valence-corrected chi connectivity index (χ0v) is 58.5. The SMILES string of the molecule is CCN(CC)c1ccc2c(-c3ccccc3C(=O)N3CCN(C(=O)CCC(=O)NCCOCCOCCOCCn4cc(CCCCC(NC(=O)CCC(=O)CCc5ccc(Cn6c(=O)[nH]c7c(N)nc(OCCOC)nc76)cc5)C(=O)O)nn4)CC3)c3ccc(=[N+](CC)CC)cc-3oc2c1. The Morgan fingerprint density at radius 2 is 1.46 bits per heavy atom. The Kier molecular flexibility index (Phi) is 28.4. The van der Waals surface area contributed by atoms with Gasteiger partial charge in [0.1, 0.15) is 48.4 Å². The first kappa shape index (κ1) is 75.3. The fraction of sp³-hybridized carbons (Fsp3) is 0.479. The molecule has 540 valence electrons. The number of carbonyl (C=O) groups is 6. The molecule has 1 fully saturated rings. The number of rotatable bonds is 41. The second-order valence-electron chi connectivity index (χ2n) is 24.6. The molecule has 6 N–H and O–H groups in total. The molecule has 2 aliphatic heterocycles. The molecule has 1 atom stereocenters. The van der Waals surface area contributed by atoms with Crippen LogP contribution < -0.4 is 41.6 Å². The van der Waals surface area contributed by atoms with Crippen LogP contribution in [-0.4, -0.2) is 210 Å². The number of ether oxygens (including phenoxy) is 5. The van der Waals surface area contributed by atoms with Crippen LogP contribution in [0.4, 0.5) is 11.5 Å². The number of aromatic nitrogens is 7. The number of nitrogens with two attached hydrogens (primary N) is 1. The van der Waals surface area contributed by atoms with E-state index in [4.69, 9.17) is 33.8 Å². The number of hydrogen-bond acceptors (Lipinski definition) is 19. The molecule has 28 heteroatoms. The molecule has 3 aromatic carbocycles. The van der Waals surface area contributed by atoms with Gasteiger partial charge in [0.25, 0.3) is 5.91 Å². The van der Waals surface area contributed by atoms with Crippen molar-refractivity contribution in [3.05, 3.63) is 129 Å². The van der Waals surface area contributed by atoms with Crippen molar-refractivity contribution in [2.24, 2.45) is 0 Å². The van der Waals surface area contributed by atoms with Gasteiger partial charge in [-0.1, -0.05) is 54.1 Å². The van der Waals surface area contributed by atoms with Crippen molar-refractivity contribution in [2.75, 3.05) is 130 Å². The molecular formula is C73H95N14O14+. The van der Waals surface area contributed by atoms with Gasteiger partial charge >= 0.3 is 17.7 Å². The van der Waals surface area contributed by atoms with Crippen LogP contribution in [-0.2, 0) is 68.9 Å². The number of piperazine rings is 1. The first-order valence-electron chi connectivity index (χ1n) is 35.0. The molecule has 5 heterocycles. The zero-order valence-electron chi connectivity index (χ0n) is 58.5. The third kappa shape index (κ3) is 21.1. The highest BCUT2D eigenvalue weighted by Gasteiger charge is 2.29. The van der Waals surface area contributed by atoms with Crippen LogP contribution in [0.5, 0.6) is 6.01 Å². The molecule has 3 aliphatic rings. The molecule has 101 heavy (non-hydrogen) atoms. The van der Waals surface area contributed by atoms with E-state index in [1.54, 1.807) is 16.7 Å². The number of carboxylic acids is 1. The summed E-state index contributed by atoms with van der Waals surface area (Å²) in [5.74, 6) is -1.46. The van der Waals surface area contributed by atoms with E-state index >= 15 is 0 Å². The van der Waals surface area contributed by atoms with Crippen molar-refractivity contribution in [2.45, 2.75) is 111 Å². The molecule has 6 aromatic rings. The lowest BCUT2D eigenvalue weighted by Gasteiger charge is -2.35. The largest absolute Gasteiger partial charge is 0.480 e. The van der Waals surface area contributed by atoms with E-state index < -0.39 is 23.6 Å². The van der Waals surface area contributed by atoms with E-state index in [-0.39, 0.29) is 100 Å². The highest BCUT2D eigenvalue weighted by Crippen LogP contribution is 2.42. The van der Waals surface area contributed by atoms with Gasteiger partial charge in [0, 0.05) is 131 Å². The highest BCUT2D eigenvalue weighted by atomic mass is 16.5. The summed E-state index contributed by atoms with van der Waals surface area (Å²) in [7, 11) is 1.54. The topological polar surface area (TPSA) is 339 Å². The number of hydrogen-bond donors (Lipinski definition) is 5. The monoisotopic (exact) mass is 1390 g/mol. The van der Waals surface area contributed by atoms with E-state index in [0.29, 0.717) is 115 Å². The Balaban J connectivity index is 0.584. The number of unbranched alkanes of at least 4 members (excludes halogenated alkanes) is 1. The number of aliphatic carboxylic acids is 1. The molecule has 4 amide bonds. The van der Waals surface area contributed by atoms with Gasteiger partial charge in [-0.15, -0.1) is 5.10 Å². The third-order valence-electron chi connectivity index (χ3n) is 17.9. The number of aromatic amines is 1. The number of amides is 4. The Labute approximate surface area is 586 Å². The average Bonchev–Trinajstić information content (AvgIpc) is 1.42. The van der Waals surface area contributed by atoms with Crippen molar-refractivity contribution in [1.82, 2.24) is 59.5 Å². The van der Waals surface area contributed by atoms with Crippen molar-refractivity contribution < 1.29 is 62.0 Å². The minimum Gasteiger partial charge on any atom is -0.480 e. The summed E-state index contributed by atoms with van der Waals surface area (Å²) in [6.45, 7) is 16.9. The summed E-state index contributed by atoms with van der Waals surface area (Å²) in [5, 5.41) is 25.6. The van der Waals surface area contributed by atoms with Crippen LogP contribution in [0.25, 0.3) is 44.6 Å². The van der Waals surface area contributed by atoms with Gasteiger partial charge in [0.05, 0.1) is 71.1 Å². The van der Waals surface area contributed by atoms with Gasteiger partial charge in [0.2, 0.25) is 23.1 Å². The minimum absolute atomic E-state index is 0.0248. The van der Waals surface area contributed by atoms with Gasteiger partial charge < -0.3 is 69.3 Å². The number of aryl methyl sites for hydroxylation is 2. The van der Waals surface area contributed by atoms with E-state index in [9.17, 15) is 38.7 Å². The lowest BCUT2D eigenvalue weighted by Crippen LogP contribution is -2.50. The summed E-state index contributed by atoms with van der Waals surface area (Å²) in [5.41, 5.74) is 13.7. The minimum atomic E-state index is -1.15. The van der Waals surface area contributed by atoms with Crippen LogP contribution in [0.2, 0.25) is 0 Å². The maximum atomic E-state index is 14.5. The number of carbonyl (C=O) groups excluding carboxylic acids is 5. The van der Waals surface area contributed by atoms with Gasteiger partial charge in [0.15, 0.2) is 11.5 Å². The average molecular weight is 1390 g/mol. The van der Waals surface area contributed by atoms with Crippen molar-refractivity contribution in [1.29, 1.82) is 0 Å². The molecule has 1 unspecified atom stereocenters. The number of nitrogens with one attached hydrogen (secondary N) is 3. The Morgan fingerprint density at radius 1 is 0.743 bits per heavy atom. The van der Waals surface area contributed by atoms with E-state index in [1.165, 1.54) is 4.57 Å². The van der Waals surface area contributed by atoms with E-state index in [2.05, 4.69) is 109 Å². The molecule has 0 saturated carbocycles. The Bertz CT molecular complexity index is 4190. The summed E-state index contributed by atoms with van der Waals surface area (Å²) >= 11 is 0. The van der Waals surface area contributed by atoms with Gasteiger partial charge in [-0.3, -0.25) is 28.5 Å². The van der Waals surface area contributed by atoms with Crippen molar-refractivity contribution in [3.63, 3.8) is 0 Å². The standard InChI is InChI=1S/C73H94N14O14/c1-6-82(7-2)53-23-27-58-61(46-53)101-62-47-54(83(8-3)9-4)24-28-59(62)66(58)56-15-11-12-16-57(56)70(92)85-35-33-84(34-36-85)65(91)31-30-63(89)75-32-38-97-41-43-99-44-42-98-39-37-86-49-52(80-81-86)14-10-13-17-60(71(93)94)76-64(90)29-26-55(88)25-22-50-18-20-51(21-19-50)48-87-69-67(77-73(87)95)68(74)78-72(79-69)100-45-40-96-5/h11-12,15-16,18-21,23-24,27-28,46-47,49,60,74H,6-10,13-14,17,22,25-26,29-45,48H2,1-5H3,(H4,75,76,89,90,92,93,94)/p+1. The molecule has 1 aliphatic carbocycles.